The highest BCUT2D eigenvalue weighted by Gasteiger charge is 2.38. The summed E-state index contributed by atoms with van der Waals surface area (Å²) in [5.41, 5.74) is -3.15. The number of rotatable bonds is 3. The minimum absolute atomic E-state index is 0.0291. The molecule has 0 radical (unpaired) electrons. The van der Waals surface area contributed by atoms with Crippen LogP contribution in [0.15, 0.2) is 18.2 Å². The van der Waals surface area contributed by atoms with Crippen LogP contribution in [-0.4, -0.2) is 6.04 Å². The first kappa shape index (κ1) is 15.6. The number of hydrogen-bond donors (Lipinski definition) is 1. The van der Waals surface area contributed by atoms with E-state index in [1.54, 1.807) is 6.07 Å². The molecule has 2 nitrogen and oxygen atoms in total. The summed E-state index contributed by atoms with van der Waals surface area (Å²) >= 11 is 0. The molecule has 0 amide bonds. The lowest BCUT2D eigenvalue weighted by atomic mass is 10.00. The number of halogens is 6. The van der Waals surface area contributed by atoms with Gasteiger partial charge in [-0.25, -0.2) is 0 Å². The molecule has 114 valence electrons. The summed E-state index contributed by atoms with van der Waals surface area (Å²) in [6.45, 7) is 0. The van der Waals surface area contributed by atoms with Gasteiger partial charge in [0, 0.05) is 6.04 Å². The molecule has 1 fully saturated rings. The van der Waals surface area contributed by atoms with Crippen LogP contribution in [0.25, 0.3) is 0 Å². The molecule has 1 unspecified atom stereocenters. The maximum absolute atomic E-state index is 12.7. The molecular formula is C13H10F6N2. The Labute approximate surface area is 116 Å². The summed E-state index contributed by atoms with van der Waals surface area (Å²) in [4.78, 5) is 0. The molecule has 1 atom stereocenters. The van der Waals surface area contributed by atoms with Crippen molar-refractivity contribution in [2.45, 2.75) is 37.3 Å². The van der Waals surface area contributed by atoms with Crippen LogP contribution < -0.4 is 5.32 Å². The minimum Gasteiger partial charge on any atom is -0.295 e. The first-order chi connectivity index (χ1) is 9.61. The zero-order valence-corrected chi connectivity index (χ0v) is 10.5. The molecule has 0 spiro atoms. The maximum Gasteiger partial charge on any atom is 0.416 e. The van der Waals surface area contributed by atoms with Gasteiger partial charge in [0.1, 0.15) is 6.04 Å². The number of alkyl halides is 6. The smallest absolute Gasteiger partial charge is 0.295 e. The Morgan fingerprint density at radius 3 is 1.81 bits per heavy atom. The van der Waals surface area contributed by atoms with Crippen molar-refractivity contribution < 1.29 is 26.3 Å². The number of benzene rings is 1. The van der Waals surface area contributed by atoms with Crippen LogP contribution in [0.1, 0.15) is 35.6 Å². The fourth-order valence-corrected chi connectivity index (χ4v) is 1.84. The number of nitrogens with one attached hydrogen (secondary N) is 1. The maximum atomic E-state index is 12.7. The van der Waals surface area contributed by atoms with E-state index in [4.69, 9.17) is 5.26 Å². The molecular weight excluding hydrogens is 298 g/mol. The minimum atomic E-state index is -4.91. The summed E-state index contributed by atoms with van der Waals surface area (Å²) < 4.78 is 76.2. The highest BCUT2D eigenvalue weighted by Crippen LogP contribution is 2.37. The predicted octanol–water partition coefficient (Wildman–Crippen LogP) is 4.04. The molecule has 2 rings (SSSR count). The average Bonchev–Trinajstić information content (AvgIpc) is 3.17. The third kappa shape index (κ3) is 3.88. The van der Waals surface area contributed by atoms with E-state index in [0.29, 0.717) is 12.1 Å². The van der Waals surface area contributed by atoms with Crippen molar-refractivity contribution >= 4 is 0 Å². The molecule has 1 N–H and O–H groups in total. The molecule has 1 aromatic rings. The van der Waals surface area contributed by atoms with Gasteiger partial charge < -0.3 is 0 Å². The van der Waals surface area contributed by atoms with Crippen LogP contribution in [0.5, 0.6) is 0 Å². The van der Waals surface area contributed by atoms with Crippen molar-refractivity contribution in [1.29, 1.82) is 5.26 Å². The average molecular weight is 308 g/mol. The van der Waals surface area contributed by atoms with Gasteiger partial charge in [0.15, 0.2) is 0 Å². The molecule has 8 heteroatoms. The summed E-state index contributed by atoms with van der Waals surface area (Å²) in [5, 5.41) is 11.7. The first-order valence-corrected chi connectivity index (χ1v) is 6.06. The van der Waals surface area contributed by atoms with E-state index in [9.17, 15) is 26.3 Å². The van der Waals surface area contributed by atoms with E-state index in [-0.39, 0.29) is 17.7 Å². The highest BCUT2D eigenvalue weighted by atomic mass is 19.4. The summed E-state index contributed by atoms with van der Waals surface area (Å²) in [6.07, 6.45) is -8.31. The van der Waals surface area contributed by atoms with Gasteiger partial charge in [-0.2, -0.15) is 31.6 Å². The zero-order chi connectivity index (χ0) is 15.8. The number of hydrogen-bond acceptors (Lipinski definition) is 2. The van der Waals surface area contributed by atoms with Crippen molar-refractivity contribution in [3.8, 4) is 6.07 Å². The van der Waals surface area contributed by atoms with Crippen molar-refractivity contribution in [2.75, 3.05) is 0 Å². The van der Waals surface area contributed by atoms with E-state index in [2.05, 4.69) is 5.32 Å². The van der Waals surface area contributed by atoms with Gasteiger partial charge in [-0.1, -0.05) is 0 Å². The van der Waals surface area contributed by atoms with Gasteiger partial charge >= 0.3 is 12.4 Å². The summed E-state index contributed by atoms with van der Waals surface area (Å²) in [6, 6.07) is 1.69. The van der Waals surface area contributed by atoms with Crippen LogP contribution in [0, 0.1) is 11.3 Å². The Morgan fingerprint density at radius 1 is 1.00 bits per heavy atom. The third-order valence-corrected chi connectivity index (χ3v) is 3.05. The van der Waals surface area contributed by atoms with E-state index < -0.39 is 29.5 Å². The molecule has 1 saturated carbocycles. The lowest BCUT2D eigenvalue weighted by Crippen LogP contribution is -2.23. The normalized spacial score (nSPS) is 17.4. The van der Waals surface area contributed by atoms with Crippen LogP contribution in [-0.2, 0) is 12.4 Å². The molecule has 1 aliphatic rings. The Bertz CT molecular complexity index is 533. The molecule has 0 aliphatic heterocycles. The highest BCUT2D eigenvalue weighted by molar-refractivity contribution is 5.37. The van der Waals surface area contributed by atoms with E-state index >= 15 is 0 Å². The standard InChI is InChI=1S/C13H10F6N2/c14-12(15,16)8-3-7(4-9(5-8)13(17,18)19)11(6-20)21-10-1-2-10/h3-5,10-11,21H,1-2H2. The molecule has 0 saturated heterocycles. The molecule has 0 bridgehead atoms. The lowest BCUT2D eigenvalue weighted by molar-refractivity contribution is -0.143. The van der Waals surface area contributed by atoms with E-state index in [1.165, 1.54) is 0 Å². The van der Waals surface area contributed by atoms with Gasteiger partial charge in [-0.05, 0) is 36.6 Å². The quantitative estimate of drug-likeness (QED) is 0.855. The lowest BCUT2D eigenvalue weighted by Gasteiger charge is -2.17. The van der Waals surface area contributed by atoms with Gasteiger partial charge in [0.05, 0.1) is 17.2 Å². The number of nitriles is 1. The molecule has 0 aromatic heterocycles. The molecule has 0 heterocycles. The van der Waals surface area contributed by atoms with E-state index in [0.717, 1.165) is 12.8 Å². The van der Waals surface area contributed by atoms with Crippen LogP contribution in [0.4, 0.5) is 26.3 Å². The van der Waals surface area contributed by atoms with Crippen LogP contribution >= 0.6 is 0 Å². The zero-order valence-electron chi connectivity index (χ0n) is 10.5. The largest absolute Gasteiger partial charge is 0.416 e. The van der Waals surface area contributed by atoms with Crippen molar-refractivity contribution in [3.05, 3.63) is 34.9 Å². The fourth-order valence-electron chi connectivity index (χ4n) is 1.84. The monoisotopic (exact) mass is 308 g/mol. The predicted molar refractivity (Wildman–Crippen MR) is 61.0 cm³/mol. The fraction of sp³-hybridized carbons (Fsp3) is 0.462. The van der Waals surface area contributed by atoms with Gasteiger partial charge in [0.2, 0.25) is 0 Å². The number of nitrogens with zero attached hydrogens (tertiary/aromatic N) is 1. The summed E-state index contributed by atoms with van der Waals surface area (Å²) in [7, 11) is 0. The first-order valence-electron chi connectivity index (χ1n) is 6.06. The van der Waals surface area contributed by atoms with Gasteiger partial charge in [-0.3, -0.25) is 5.32 Å². The van der Waals surface area contributed by atoms with Gasteiger partial charge in [-0.15, -0.1) is 0 Å². The van der Waals surface area contributed by atoms with Crippen molar-refractivity contribution in [3.63, 3.8) is 0 Å². The second kappa shape index (κ2) is 5.22. The topological polar surface area (TPSA) is 35.8 Å². The van der Waals surface area contributed by atoms with Crippen molar-refractivity contribution in [1.82, 2.24) is 5.32 Å². The second-order valence-electron chi connectivity index (χ2n) is 4.84. The Balaban J connectivity index is 2.46. The Hall–Kier alpha value is -1.75. The van der Waals surface area contributed by atoms with Gasteiger partial charge in [0.25, 0.3) is 0 Å². The molecule has 1 aromatic carbocycles. The van der Waals surface area contributed by atoms with Crippen LogP contribution in [0.3, 0.4) is 0 Å². The van der Waals surface area contributed by atoms with E-state index in [1.807, 2.05) is 0 Å². The summed E-state index contributed by atoms with van der Waals surface area (Å²) in [5.74, 6) is 0. The van der Waals surface area contributed by atoms with Crippen molar-refractivity contribution in [2.24, 2.45) is 0 Å². The van der Waals surface area contributed by atoms with Crippen LogP contribution in [0.2, 0.25) is 0 Å². The molecule has 1 aliphatic carbocycles. The second-order valence-corrected chi connectivity index (χ2v) is 4.84. The SMILES string of the molecule is N#CC(NC1CC1)c1cc(C(F)(F)F)cc(C(F)(F)F)c1. The Morgan fingerprint density at radius 2 is 1.48 bits per heavy atom. The Kier molecular flexibility index (Phi) is 3.89. The molecule has 21 heavy (non-hydrogen) atoms. The third-order valence-electron chi connectivity index (χ3n) is 3.05.